The van der Waals surface area contributed by atoms with E-state index < -0.39 is 11.0 Å². The van der Waals surface area contributed by atoms with Crippen molar-refractivity contribution in [3.05, 3.63) is 0 Å². The van der Waals surface area contributed by atoms with Gasteiger partial charge in [0.15, 0.2) is 0 Å². The first-order chi connectivity index (χ1) is 7.31. The molecule has 92 valence electrons. The number of amides is 1. The summed E-state index contributed by atoms with van der Waals surface area (Å²) in [7, 11) is 1.63. The average Bonchev–Trinajstić information content (AvgIpc) is 2.30. The number of carbonyl (C=O) groups is 1. The Morgan fingerprint density at radius 2 is 1.81 bits per heavy atom. The van der Waals surface area contributed by atoms with Crippen LogP contribution in [0.15, 0.2) is 0 Å². The van der Waals surface area contributed by atoms with Gasteiger partial charge in [-0.1, -0.05) is 13.8 Å². The van der Waals surface area contributed by atoms with E-state index in [9.17, 15) is 15.2 Å². The molecule has 0 heterocycles. The fourth-order valence-electron chi connectivity index (χ4n) is 1.46. The third-order valence-electron chi connectivity index (χ3n) is 3.43. The van der Waals surface area contributed by atoms with Crippen molar-refractivity contribution < 1.29 is 9.90 Å². The molecule has 0 radical (unpaired) electrons. The second-order valence-corrected chi connectivity index (χ2v) is 4.74. The van der Waals surface area contributed by atoms with Gasteiger partial charge in [-0.25, -0.2) is 0 Å². The van der Waals surface area contributed by atoms with Crippen LogP contribution < -0.4 is 0 Å². The maximum absolute atomic E-state index is 12.3. The molecule has 0 saturated heterocycles. The number of hydrogen-bond donors (Lipinski definition) is 1. The molecule has 4 nitrogen and oxygen atoms in total. The molecular weight excluding hydrogens is 204 g/mol. The lowest BCUT2D eigenvalue weighted by atomic mass is 9.81. The zero-order valence-corrected chi connectivity index (χ0v) is 10.9. The van der Waals surface area contributed by atoms with E-state index in [0.29, 0.717) is 12.8 Å². The van der Waals surface area contributed by atoms with Crippen molar-refractivity contribution >= 4 is 5.91 Å². The first kappa shape index (κ1) is 14.9. The van der Waals surface area contributed by atoms with E-state index in [2.05, 4.69) is 6.07 Å². The third-order valence-corrected chi connectivity index (χ3v) is 3.43. The van der Waals surface area contributed by atoms with Gasteiger partial charge in [0, 0.05) is 7.05 Å². The van der Waals surface area contributed by atoms with Gasteiger partial charge in [0.2, 0.25) is 5.91 Å². The Balaban J connectivity index is 5.13. The maximum Gasteiger partial charge on any atom is 0.243 e. The molecular formula is C12H22N2O2. The molecule has 0 bridgehead atoms. The van der Waals surface area contributed by atoms with E-state index in [1.54, 1.807) is 20.9 Å². The van der Waals surface area contributed by atoms with E-state index in [4.69, 9.17) is 0 Å². The minimum Gasteiger partial charge on any atom is -0.394 e. The van der Waals surface area contributed by atoms with Gasteiger partial charge in [0.05, 0.1) is 18.2 Å². The molecule has 0 aromatic rings. The molecule has 0 aliphatic rings. The second kappa shape index (κ2) is 5.31. The molecule has 0 saturated carbocycles. The fourth-order valence-corrected chi connectivity index (χ4v) is 1.46. The summed E-state index contributed by atoms with van der Waals surface area (Å²) in [6, 6.07) is 2.12. The molecule has 0 aliphatic carbocycles. The molecule has 0 fully saturated rings. The van der Waals surface area contributed by atoms with Crippen molar-refractivity contribution in [1.82, 2.24) is 4.90 Å². The SMILES string of the molecule is CCC(C#N)(CC)C(=O)N(C)C(C)(C)CO. The van der Waals surface area contributed by atoms with Crippen molar-refractivity contribution in [1.29, 1.82) is 5.26 Å². The molecule has 0 aromatic heterocycles. The molecule has 1 amide bonds. The van der Waals surface area contributed by atoms with Gasteiger partial charge in [-0.15, -0.1) is 0 Å². The Bertz CT molecular complexity index is 288. The van der Waals surface area contributed by atoms with Gasteiger partial charge >= 0.3 is 0 Å². The predicted octanol–water partition coefficient (Wildman–Crippen LogP) is 1.55. The van der Waals surface area contributed by atoms with Crippen LogP contribution >= 0.6 is 0 Å². The number of nitriles is 1. The molecule has 0 spiro atoms. The van der Waals surface area contributed by atoms with E-state index in [1.165, 1.54) is 4.90 Å². The molecule has 16 heavy (non-hydrogen) atoms. The van der Waals surface area contributed by atoms with Crippen LogP contribution in [0.25, 0.3) is 0 Å². The van der Waals surface area contributed by atoms with Crippen LogP contribution in [-0.4, -0.2) is 35.1 Å². The summed E-state index contributed by atoms with van der Waals surface area (Å²) in [6.07, 6.45) is 0.982. The summed E-state index contributed by atoms with van der Waals surface area (Å²) in [4.78, 5) is 13.7. The first-order valence-electron chi connectivity index (χ1n) is 5.61. The number of hydrogen-bond acceptors (Lipinski definition) is 3. The van der Waals surface area contributed by atoms with Crippen LogP contribution in [0.3, 0.4) is 0 Å². The van der Waals surface area contributed by atoms with Crippen LogP contribution in [0.1, 0.15) is 40.5 Å². The van der Waals surface area contributed by atoms with Crippen LogP contribution in [0.5, 0.6) is 0 Å². The highest BCUT2D eigenvalue weighted by molar-refractivity contribution is 5.85. The summed E-state index contributed by atoms with van der Waals surface area (Å²) in [6.45, 7) is 7.11. The number of nitrogens with zero attached hydrogens (tertiary/aromatic N) is 2. The van der Waals surface area contributed by atoms with Gasteiger partial charge in [0.25, 0.3) is 0 Å². The van der Waals surface area contributed by atoms with Gasteiger partial charge in [-0.05, 0) is 26.7 Å². The standard InChI is InChI=1S/C12H22N2O2/c1-6-12(7-2,8-13)10(16)14(5)11(3,4)9-15/h15H,6-7,9H2,1-5H3. The van der Waals surface area contributed by atoms with Crippen LogP contribution in [0, 0.1) is 16.7 Å². The monoisotopic (exact) mass is 226 g/mol. The zero-order valence-electron chi connectivity index (χ0n) is 10.9. The smallest absolute Gasteiger partial charge is 0.243 e. The largest absolute Gasteiger partial charge is 0.394 e. The lowest BCUT2D eigenvalue weighted by Crippen LogP contribution is -2.52. The Kier molecular flexibility index (Phi) is 4.95. The summed E-state index contributed by atoms with van der Waals surface area (Å²) in [5.41, 5.74) is -1.59. The number of carbonyl (C=O) groups excluding carboxylic acids is 1. The summed E-state index contributed by atoms with van der Waals surface area (Å²) < 4.78 is 0. The third kappa shape index (κ3) is 2.53. The second-order valence-electron chi connectivity index (χ2n) is 4.74. The average molecular weight is 226 g/mol. The van der Waals surface area contributed by atoms with E-state index in [-0.39, 0.29) is 12.5 Å². The predicted molar refractivity (Wildman–Crippen MR) is 62.6 cm³/mol. The zero-order chi connectivity index (χ0) is 13.0. The van der Waals surface area contributed by atoms with E-state index in [0.717, 1.165) is 0 Å². The maximum atomic E-state index is 12.3. The van der Waals surface area contributed by atoms with E-state index >= 15 is 0 Å². The Morgan fingerprint density at radius 1 is 1.38 bits per heavy atom. The molecule has 0 rings (SSSR count). The highest BCUT2D eigenvalue weighted by Crippen LogP contribution is 2.30. The topological polar surface area (TPSA) is 64.3 Å². The Labute approximate surface area is 97.9 Å². The lowest BCUT2D eigenvalue weighted by Gasteiger charge is -2.38. The van der Waals surface area contributed by atoms with Crippen molar-refractivity contribution in [2.24, 2.45) is 5.41 Å². The molecule has 0 aliphatic heterocycles. The Hall–Kier alpha value is -1.08. The van der Waals surface area contributed by atoms with Crippen molar-refractivity contribution in [2.45, 2.75) is 46.1 Å². The number of aliphatic hydroxyl groups is 1. The van der Waals surface area contributed by atoms with Gasteiger partial charge < -0.3 is 10.0 Å². The highest BCUT2D eigenvalue weighted by atomic mass is 16.3. The van der Waals surface area contributed by atoms with Gasteiger partial charge in [0.1, 0.15) is 5.41 Å². The normalized spacial score (nSPS) is 12.1. The molecule has 0 aromatic carbocycles. The van der Waals surface area contributed by atoms with Crippen LogP contribution in [0.4, 0.5) is 0 Å². The minimum absolute atomic E-state index is 0.121. The van der Waals surface area contributed by atoms with Gasteiger partial charge in [-0.2, -0.15) is 5.26 Å². The van der Waals surface area contributed by atoms with Crippen molar-refractivity contribution in [2.75, 3.05) is 13.7 Å². The first-order valence-corrected chi connectivity index (χ1v) is 5.61. The molecule has 0 unspecified atom stereocenters. The summed E-state index contributed by atoms with van der Waals surface area (Å²) >= 11 is 0. The van der Waals surface area contributed by atoms with Crippen LogP contribution in [-0.2, 0) is 4.79 Å². The highest BCUT2D eigenvalue weighted by Gasteiger charge is 2.41. The molecule has 1 N–H and O–H groups in total. The van der Waals surface area contributed by atoms with Crippen LogP contribution in [0.2, 0.25) is 0 Å². The fraction of sp³-hybridized carbons (Fsp3) is 0.833. The molecule has 0 atom stereocenters. The summed E-state index contributed by atoms with van der Waals surface area (Å²) in [5, 5.41) is 18.4. The van der Waals surface area contributed by atoms with Crippen molar-refractivity contribution in [3.63, 3.8) is 0 Å². The van der Waals surface area contributed by atoms with E-state index in [1.807, 2.05) is 13.8 Å². The van der Waals surface area contributed by atoms with Crippen molar-refractivity contribution in [3.8, 4) is 6.07 Å². The number of likely N-dealkylation sites (N-methyl/N-ethyl adjacent to an activating group) is 1. The minimum atomic E-state index is -0.957. The molecule has 4 heteroatoms. The number of rotatable bonds is 5. The summed E-state index contributed by atoms with van der Waals surface area (Å²) in [5.74, 6) is -0.209. The Morgan fingerprint density at radius 3 is 2.06 bits per heavy atom. The quantitative estimate of drug-likeness (QED) is 0.773. The number of aliphatic hydroxyl groups excluding tert-OH is 1. The van der Waals surface area contributed by atoms with Gasteiger partial charge in [-0.3, -0.25) is 4.79 Å². The lowest BCUT2D eigenvalue weighted by molar-refractivity contribution is -0.144.